The highest BCUT2D eigenvalue weighted by Gasteiger charge is 2.57. The molecule has 2 unspecified atom stereocenters. The molecule has 5 rings (SSSR count). The molecule has 3 aliphatic rings. The largest absolute Gasteiger partial charge is 0.491 e. The molecular weight excluding hydrogens is 372 g/mol. The normalized spacial score (nSPS) is 22.1. The summed E-state index contributed by atoms with van der Waals surface area (Å²) in [6, 6.07) is 9.49. The second-order valence-corrected chi connectivity index (χ2v) is 7.74. The molecule has 3 aliphatic heterocycles. The third-order valence-corrected chi connectivity index (χ3v) is 5.90. The number of amides is 1. The Hall–Kier alpha value is -3.22. The molecule has 1 amide bonds. The molecule has 0 saturated heterocycles. The molecule has 2 aromatic rings. The predicted octanol–water partition coefficient (Wildman–Crippen LogP) is 2.36. The van der Waals surface area contributed by atoms with Gasteiger partial charge in [0.1, 0.15) is 37.3 Å². The van der Waals surface area contributed by atoms with E-state index in [1.165, 1.54) is 0 Å². The fraction of sp³-hybridized carbons (Fsp3) is 0.364. The number of benzene rings is 2. The first-order chi connectivity index (χ1) is 14.1. The fourth-order valence-electron chi connectivity index (χ4n) is 4.41. The van der Waals surface area contributed by atoms with Gasteiger partial charge in [-0.1, -0.05) is 13.0 Å². The van der Waals surface area contributed by atoms with Crippen LogP contribution in [0, 0.1) is 5.92 Å². The first-order valence-electron chi connectivity index (χ1n) is 9.74. The highest BCUT2D eigenvalue weighted by Crippen LogP contribution is 2.56. The minimum absolute atomic E-state index is 0.0411. The lowest BCUT2D eigenvalue weighted by atomic mass is 9.76. The van der Waals surface area contributed by atoms with Crippen molar-refractivity contribution >= 4 is 23.6 Å². The highest BCUT2D eigenvalue weighted by molar-refractivity contribution is 6.13. The number of anilines is 2. The number of carbonyl (C=O) groups excluding carboxylic acids is 2. The number of rotatable bonds is 4. The number of likely N-dealkylation sites (N-methyl/N-ethyl adjacent to an activating group) is 1. The number of ether oxygens (including phenoxy) is 3. The molecule has 29 heavy (non-hydrogen) atoms. The van der Waals surface area contributed by atoms with E-state index in [1.807, 2.05) is 37.3 Å². The number of nitrogens with one attached hydrogen (secondary N) is 1. The van der Waals surface area contributed by atoms with E-state index < -0.39 is 5.41 Å². The van der Waals surface area contributed by atoms with Gasteiger partial charge in [-0.05, 0) is 18.2 Å². The average molecular weight is 394 g/mol. The van der Waals surface area contributed by atoms with Crippen LogP contribution in [0.4, 0.5) is 11.4 Å². The van der Waals surface area contributed by atoms with Gasteiger partial charge in [0.05, 0.1) is 5.69 Å². The van der Waals surface area contributed by atoms with E-state index in [0.29, 0.717) is 37.0 Å². The fourth-order valence-corrected chi connectivity index (χ4v) is 4.41. The number of aldehydes is 1. The van der Waals surface area contributed by atoms with Gasteiger partial charge in [-0.3, -0.25) is 4.79 Å². The molecule has 0 bridgehead atoms. The molecule has 0 aliphatic carbocycles. The van der Waals surface area contributed by atoms with Crippen molar-refractivity contribution in [2.75, 3.05) is 43.6 Å². The molecule has 1 spiro atoms. The smallest absolute Gasteiger partial charge is 0.245 e. The van der Waals surface area contributed by atoms with Crippen LogP contribution < -0.4 is 24.4 Å². The minimum atomic E-state index is -0.955. The van der Waals surface area contributed by atoms with Crippen LogP contribution in [0.5, 0.6) is 17.2 Å². The van der Waals surface area contributed by atoms with Crippen LogP contribution in [0.15, 0.2) is 30.3 Å². The zero-order valence-electron chi connectivity index (χ0n) is 16.4. The van der Waals surface area contributed by atoms with Gasteiger partial charge in [0, 0.05) is 42.4 Å². The molecule has 1 N–H and O–H groups in total. The Balaban J connectivity index is 1.67. The number of hydrogen-bond donors (Lipinski definition) is 1. The Morgan fingerprint density at radius 1 is 1.17 bits per heavy atom. The first-order valence-corrected chi connectivity index (χ1v) is 9.74. The summed E-state index contributed by atoms with van der Waals surface area (Å²) in [5, 5.41) is 3.36. The molecular formula is C22H22N2O5. The summed E-state index contributed by atoms with van der Waals surface area (Å²) >= 11 is 0. The van der Waals surface area contributed by atoms with E-state index in [9.17, 15) is 9.59 Å². The summed E-state index contributed by atoms with van der Waals surface area (Å²) in [7, 11) is 1.78. The maximum absolute atomic E-state index is 13.6. The maximum atomic E-state index is 13.6. The van der Waals surface area contributed by atoms with E-state index in [2.05, 4.69) is 5.32 Å². The van der Waals surface area contributed by atoms with Gasteiger partial charge in [-0.25, -0.2) is 0 Å². The monoisotopic (exact) mass is 394 g/mol. The van der Waals surface area contributed by atoms with Crippen molar-refractivity contribution in [3.05, 3.63) is 41.5 Å². The molecule has 150 valence electrons. The second kappa shape index (κ2) is 6.40. The Labute approximate surface area is 168 Å². The van der Waals surface area contributed by atoms with Gasteiger partial charge in [0.25, 0.3) is 0 Å². The number of carbonyl (C=O) groups is 2. The molecule has 3 heterocycles. The van der Waals surface area contributed by atoms with Crippen molar-refractivity contribution in [3.63, 3.8) is 0 Å². The maximum Gasteiger partial charge on any atom is 0.245 e. The quantitative estimate of drug-likeness (QED) is 0.803. The summed E-state index contributed by atoms with van der Waals surface area (Å²) in [5.74, 6) is 1.72. The van der Waals surface area contributed by atoms with Crippen LogP contribution in [0.3, 0.4) is 0 Å². The van der Waals surface area contributed by atoms with Crippen LogP contribution in [-0.4, -0.2) is 45.6 Å². The molecule has 0 fully saturated rings. The summed E-state index contributed by atoms with van der Waals surface area (Å²) < 4.78 is 17.5. The van der Waals surface area contributed by atoms with E-state index in [1.54, 1.807) is 11.9 Å². The van der Waals surface area contributed by atoms with E-state index in [0.717, 1.165) is 28.8 Å². The van der Waals surface area contributed by atoms with E-state index >= 15 is 0 Å². The lowest BCUT2D eigenvalue weighted by molar-refractivity contribution is -0.121. The Morgan fingerprint density at radius 3 is 2.69 bits per heavy atom. The molecule has 2 aromatic carbocycles. The van der Waals surface area contributed by atoms with Gasteiger partial charge in [0.15, 0.2) is 11.5 Å². The van der Waals surface area contributed by atoms with Crippen molar-refractivity contribution < 1.29 is 23.8 Å². The van der Waals surface area contributed by atoms with Gasteiger partial charge in [0.2, 0.25) is 5.91 Å². The van der Waals surface area contributed by atoms with E-state index in [4.69, 9.17) is 14.2 Å². The zero-order chi connectivity index (χ0) is 20.2. The second-order valence-electron chi connectivity index (χ2n) is 7.74. The third-order valence-electron chi connectivity index (χ3n) is 5.90. The van der Waals surface area contributed by atoms with Gasteiger partial charge in [-0.2, -0.15) is 0 Å². The topological polar surface area (TPSA) is 77.1 Å². The summed E-state index contributed by atoms with van der Waals surface area (Å²) in [4.78, 5) is 26.3. The van der Waals surface area contributed by atoms with Crippen molar-refractivity contribution in [1.29, 1.82) is 0 Å². The van der Waals surface area contributed by atoms with Crippen LogP contribution in [0.25, 0.3) is 0 Å². The average Bonchev–Trinajstić information content (AvgIpc) is 3.22. The Kier molecular flexibility index (Phi) is 3.94. The predicted molar refractivity (Wildman–Crippen MR) is 107 cm³/mol. The van der Waals surface area contributed by atoms with Gasteiger partial charge < -0.3 is 29.2 Å². The molecule has 7 nitrogen and oxygen atoms in total. The highest BCUT2D eigenvalue weighted by atomic mass is 16.6. The Bertz CT molecular complexity index is 1020. The molecule has 7 heteroatoms. The van der Waals surface area contributed by atoms with Crippen molar-refractivity contribution in [2.45, 2.75) is 12.3 Å². The van der Waals surface area contributed by atoms with Crippen molar-refractivity contribution in [2.24, 2.45) is 5.92 Å². The van der Waals surface area contributed by atoms with Crippen LogP contribution in [-0.2, 0) is 15.0 Å². The lowest BCUT2D eigenvalue weighted by Crippen LogP contribution is -2.41. The third kappa shape index (κ3) is 2.43. The minimum Gasteiger partial charge on any atom is -0.491 e. The van der Waals surface area contributed by atoms with Crippen molar-refractivity contribution in [3.8, 4) is 17.2 Å². The zero-order valence-corrected chi connectivity index (χ0v) is 16.4. The Morgan fingerprint density at radius 2 is 1.93 bits per heavy atom. The van der Waals surface area contributed by atoms with Gasteiger partial charge >= 0.3 is 0 Å². The molecule has 0 saturated carbocycles. The number of hydrogen-bond acceptors (Lipinski definition) is 6. The SMILES string of the molecule is CC(C=O)CNc1cccc2c1C1(COc3cc4c(cc31)OCCO4)C(=O)N2C. The molecule has 0 radical (unpaired) electrons. The van der Waals surface area contributed by atoms with Crippen LogP contribution in [0.2, 0.25) is 0 Å². The van der Waals surface area contributed by atoms with Crippen molar-refractivity contribution in [1.82, 2.24) is 0 Å². The van der Waals surface area contributed by atoms with E-state index in [-0.39, 0.29) is 18.4 Å². The van der Waals surface area contributed by atoms with Crippen LogP contribution >= 0.6 is 0 Å². The van der Waals surface area contributed by atoms with Gasteiger partial charge in [-0.15, -0.1) is 0 Å². The standard InChI is InChI=1S/C22H22N2O5/c1-13(11-25)10-23-15-4-3-5-16-20(15)22(21(26)24(16)2)12-29-17-9-19-18(8-14(17)22)27-6-7-28-19/h3-5,8-9,11,13,23H,6-7,10,12H2,1-2H3. The number of fused-ring (bicyclic) bond motifs is 5. The summed E-state index contributed by atoms with van der Waals surface area (Å²) in [6.45, 7) is 3.52. The lowest BCUT2D eigenvalue weighted by Gasteiger charge is -2.25. The first kappa shape index (κ1) is 17.8. The van der Waals surface area contributed by atoms with Crippen LogP contribution in [0.1, 0.15) is 18.1 Å². The summed E-state index contributed by atoms with van der Waals surface area (Å²) in [5.41, 5.74) is 2.38. The molecule has 0 aromatic heterocycles. The summed E-state index contributed by atoms with van der Waals surface area (Å²) in [6.07, 6.45) is 0.917. The number of nitrogens with zero attached hydrogens (tertiary/aromatic N) is 1. The molecule has 2 atom stereocenters.